The van der Waals surface area contributed by atoms with Gasteiger partial charge in [0.1, 0.15) is 16.6 Å². The Hall–Kier alpha value is -2.58. The quantitative estimate of drug-likeness (QED) is 0.798. The van der Waals surface area contributed by atoms with Crippen LogP contribution < -0.4 is 10.5 Å². The molecule has 0 aliphatic carbocycles. The second kappa shape index (κ2) is 6.62. The zero-order valence-electron chi connectivity index (χ0n) is 16.0. The number of imidazole rings is 1. The average molecular weight is 362 g/mol. The van der Waals surface area contributed by atoms with Gasteiger partial charge in [-0.2, -0.15) is 5.10 Å². The molecule has 1 fully saturated rings. The van der Waals surface area contributed by atoms with Gasteiger partial charge in [-0.15, -0.1) is 0 Å². The van der Waals surface area contributed by atoms with Crippen LogP contribution in [0.4, 0.5) is 10.7 Å². The molecule has 9 heteroatoms. The minimum absolute atomic E-state index is 0.157. The van der Waals surface area contributed by atoms with Crippen LogP contribution in [0.25, 0.3) is 11.0 Å². The maximum atomic E-state index is 12.4. The molecule has 0 N–H and O–H groups in total. The lowest BCUT2D eigenvalue weighted by Crippen LogP contribution is -2.50. The molecule has 0 saturated carbocycles. The molecule has 0 radical (unpaired) electrons. The second-order valence-electron chi connectivity index (χ2n) is 7.42. The van der Waals surface area contributed by atoms with Crippen LogP contribution in [0.2, 0.25) is 0 Å². The number of hydrogen-bond donors (Lipinski definition) is 0. The SMILES string of the molecule is CCn1c(N2CCN(C(=O)OC(C)(C)C)CC2)nc2cnn(C)c(=O)c21. The van der Waals surface area contributed by atoms with E-state index in [4.69, 9.17) is 4.74 Å². The number of anilines is 1. The summed E-state index contributed by atoms with van der Waals surface area (Å²) in [6.07, 6.45) is 1.32. The molecule has 3 heterocycles. The predicted octanol–water partition coefficient (Wildman–Crippen LogP) is 1.21. The first-order chi connectivity index (χ1) is 12.2. The van der Waals surface area contributed by atoms with Gasteiger partial charge in [0.05, 0.1) is 6.20 Å². The van der Waals surface area contributed by atoms with Crippen LogP contribution in [0.5, 0.6) is 0 Å². The number of hydrogen-bond acceptors (Lipinski definition) is 6. The summed E-state index contributed by atoms with van der Waals surface area (Å²) in [7, 11) is 1.63. The molecule has 2 aromatic heterocycles. The molecule has 3 rings (SSSR count). The van der Waals surface area contributed by atoms with Crippen molar-refractivity contribution in [3.8, 4) is 0 Å². The van der Waals surface area contributed by atoms with Gasteiger partial charge in [0.2, 0.25) is 5.95 Å². The first-order valence-corrected chi connectivity index (χ1v) is 8.86. The molecule has 1 aliphatic heterocycles. The number of rotatable bonds is 2. The second-order valence-corrected chi connectivity index (χ2v) is 7.42. The Morgan fingerprint density at radius 2 is 1.88 bits per heavy atom. The maximum absolute atomic E-state index is 12.4. The van der Waals surface area contributed by atoms with Gasteiger partial charge < -0.3 is 19.1 Å². The third-order valence-corrected chi connectivity index (χ3v) is 4.35. The molecule has 2 aromatic rings. The minimum atomic E-state index is -0.503. The summed E-state index contributed by atoms with van der Waals surface area (Å²) in [5.74, 6) is 0.747. The number of nitrogens with zero attached hydrogens (tertiary/aromatic N) is 6. The van der Waals surface area contributed by atoms with Crippen molar-refractivity contribution >= 4 is 23.1 Å². The zero-order valence-corrected chi connectivity index (χ0v) is 16.0. The van der Waals surface area contributed by atoms with Crippen LogP contribution in [0.15, 0.2) is 11.0 Å². The van der Waals surface area contributed by atoms with E-state index in [9.17, 15) is 9.59 Å². The molecule has 0 unspecified atom stereocenters. The fourth-order valence-corrected chi connectivity index (χ4v) is 3.08. The fourth-order valence-electron chi connectivity index (χ4n) is 3.08. The number of carbonyl (C=O) groups excluding carboxylic acids is 1. The first kappa shape index (κ1) is 18.2. The minimum Gasteiger partial charge on any atom is -0.444 e. The molecule has 26 heavy (non-hydrogen) atoms. The number of amides is 1. The van der Waals surface area contributed by atoms with Crippen LogP contribution >= 0.6 is 0 Å². The average Bonchev–Trinajstić information content (AvgIpc) is 2.96. The van der Waals surface area contributed by atoms with E-state index in [-0.39, 0.29) is 11.7 Å². The van der Waals surface area contributed by atoms with Crippen LogP contribution in [0, 0.1) is 0 Å². The Bertz CT molecular complexity index is 871. The normalized spacial score (nSPS) is 15.6. The summed E-state index contributed by atoms with van der Waals surface area (Å²) in [5.41, 5.74) is 0.502. The van der Waals surface area contributed by atoms with Crippen molar-refractivity contribution in [2.45, 2.75) is 39.8 Å². The van der Waals surface area contributed by atoms with Gasteiger partial charge in [0, 0.05) is 39.8 Å². The summed E-state index contributed by atoms with van der Waals surface area (Å²) in [4.78, 5) is 33.1. The smallest absolute Gasteiger partial charge is 0.410 e. The largest absolute Gasteiger partial charge is 0.444 e. The highest BCUT2D eigenvalue weighted by atomic mass is 16.6. The van der Waals surface area contributed by atoms with E-state index < -0.39 is 5.60 Å². The first-order valence-electron chi connectivity index (χ1n) is 8.86. The van der Waals surface area contributed by atoms with Crippen molar-refractivity contribution in [1.82, 2.24) is 24.2 Å². The van der Waals surface area contributed by atoms with E-state index in [1.165, 1.54) is 4.68 Å². The molecular formula is C17H26N6O3. The number of fused-ring (bicyclic) bond motifs is 1. The summed E-state index contributed by atoms with van der Waals surface area (Å²) in [6.45, 7) is 10.6. The fraction of sp³-hybridized carbons (Fsp3) is 0.647. The van der Waals surface area contributed by atoms with E-state index in [1.54, 1.807) is 18.1 Å². The van der Waals surface area contributed by atoms with Gasteiger partial charge in [-0.3, -0.25) is 4.79 Å². The highest BCUT2D eigenvalue weighted by Crippen LogP contribution is 2.21. The highest BCUT2D eigenvalue weighted by Gasteiger charge is 2.28. The molecule has 1 aliphatic rings. The van der Waals surface area contributed by atoms with Crippen LogP contribution in [0.3, 0.4) is 0 Å². The third kappa shape index (κ3) is 3.38. The van der Waals surface area contributed by atoms with E-state index >= 15 is 0 Å². The Morgan fingerprint density at radius 3 is 2.46 bits per heavy atom. The molecule has 0 bridgehead atoms. The summed E-state index contributed by atoms with van der Waals surface area (Å²) in [5, 5.41) is 4.05. The summed E-state index contributed by atoms with van der Waals surface area (Å²) < 4.78 is 8.67. The van der Waals surface area contributed by atoms with Crippen molar-refractivity contribution in [3.05, 3.63) is 16.6 Å². The lowest BCUT2D eigenvalue weighted by Gasteiger charge is -2.36. The Morgan fingerprint density at radius 1 is 1.23 bits per heavy atom. The van der Waals surface area contributed by atoms with Gasteiger partial charge in [0.15, 0.2) is 0 Å². The highest BCUT2D eigenvalue weighted by molar-refractivity contribution is 5.77. The van der Waals surface area contributed by atoms with Gasteiger partial charge in [-0.05, 0) is 27.7 Å². The topological polar surface area (TPSA) is 85.5 Å². The van der Waals surface area contributed by atoms with E-state index in [1.807, 2.05) is 32.3 Å². The summed E-state index contributed by atoms with van der Waals surface area (Å²) in [6, 6.07) is 0. The Balaban J connectivity index is 1.81. The van der Waals surface area contributed by atoms with Gasteiger partial charge in [-0.25, -0.2) is 14.5 Å². The van der Waals surface area contributed by atoms with Crippen molar-refractivity contribution in [3.63, 3.8) is 0 Å². The molecular weight excluding hydrogens is 336 g/mol. The van der Waals surface area contributed by atoms with E-state index in [0.29, 0.717) is 43.8 Å². The number of carbonyl (C=O) groups is 1. The molecule has 142 valence electrons. The molecule has 0 atom stereocenters. The standard InChI is InChI=1S/C17H26N6O3/c1-6-23-13-12(11-18-20(5)14(13)24)19-15(23)21-7-9-22(10-8-21)16(25)26-17(2,3)4/h11H,6-10H2,1-5H3. The monoisotopic (exact) mass is 362 g/mol. The Labute approximate surface area is 152 Å². The molecule has 1 saturated heterocycles. The van der Waals surface area contributed by atoms with Crippen LogP contribution in [0.1, 0.15) is 27.7 Å². The van der Waals surface area contributed by atoms with Crippen LogP contribution in [-0.4, -0.2) is 62.1 Å². The van der Waals surface area contributed by atoms with Crippen molar-refractivity contribution in [2.75, 3.05) is 31.1 Å². The van der Waals surface area contributed by atoms with Gasteiger partial charge in [-0.1, -0.05) is 0 Å². The third-order valence-electron chi connectivity index (χ3n) is 4.35. The van der Waals surface area contributed by atoms with Gasteiger partial charge >= 0.3 is 6.09 Å². The van der Waals surface area contributed by atoms with Crippen LogP contribution in [-0.2, 0) is 18.3 Å². The van der Waals surface area contributed by atoms with Crippen molar-refractivity contribution in [2.24, 2.45) is 7.05 Å². The number of aryl methyl sites for hydroxylation is 2. The summed E-state index contributed by atoms with van der Waals surface area (Å²) >= 11 is 0. The lowest BCUT2D eigenvalue weighted by atomic mass is 10.2. The van der Waals surface area contributed by atoms with E-state index in [0.717, 1.165) is 5.95 Å². The van der Waals surface area contributed by atoms with E-state index in [2.05, 4.69) is 15.0 Å². The van der Waals surface area contributed by atoms with Crippen molar-refractivity contribution in [1.29, 1.82) is 0 Å². The van der Waals surface area contributed by atoms with Crippen molar-refractivity contribution < 1.29 is 9.53 Å². The Kier molecular flexibility index (Phi) is 4.64. The van der Waals surface area contributed by atoms with Gasteiger partial charge in [0.25, 0.3) is 5.56 Å². The molecule has 0 spiro atoms. The zero-order chi connectivity index (χ0) is 19.1. The predicted molar refractivity (Wildman–Crippen MR) is 98.5 cm³/mol. The molecule has 1 amide bonds. The molecule has 0 aromatic carbocycles. The maximum Gasteiger partial charge on any atom is 0.410 e. The molecule has 9 nitrogen and oxygen atoms in total. The number of piperazine rings is 1. The number of aromatic nitrogens is 4. The lowest BCUT2D eigenvalue weighted by molar-refractivity contribution is 0.0240. The number of ether oxygens (including phenoxy) is 1.